The van der Waals surface area contributed by atoms with E-state index in [-0.39, 0.29) is 31.2 Å². The van der Waals surface area contributed by atoms with Crippen molar-refractivity contribution in [3.05, 3.63) is 54.1 Å². The highest BCUT2D eigenvalue weighted by molar-refractivity contribution is 7.46. The van der Waals surface area contributed by atoms with Crippen molar-refractivity contribution in [2.24, 2.45) is 5.92 Å². The van der Waals surface area contributed by atoms with Crippen molar-refractivity contribution < 1.29 is 52.7 Å². The fourth-order valence-corrected chi connectivity index (χ4v) is 6.29. The number of unbranched alkanes of at least 4 members (excludes halogenated alkanes) is 3. The van der Waals surface area contributed by atoms with E-state index in [0.717, 1.165) is 39.5 Å². The summed E-state index contributed by atoms with van der Waals surface area (Å²) < 4.78 is 15.8. The van der Waals surface area contributed by atoms with E-state index in [9.17, 15) is 38.4 Å². The van der Waals surface area contributed by atoms with E-state index in [4.69, 9.17) is 9.79 Å². The zero-order chi connectivity index (χ0) is 41.1. The summed E-state index contributed by atoms with van der Waals surface area (Å²) in [5.74, 6) is -4.37. The molecule has 0 fully saturated rings. The van der Waals surface area contributed by atoms with Crippen LogP contribution in [0.2, 0.25) is 0 Å². The van der Waals surface area contributed by atoms with Crippen molar-refractivity contribution in [3.8, 4) is 0 Å². The van der Waals surface area contributed by atoms with Crippen LogP contribution >= 0.6 is 7.82 Å². The van der Waals surface area contributed by atoms with Crippen LogP contribution in [0.1, 0.15) is 78.0 Å². The summed E-state index contributed by atoms with van der Waals surface area (Å²) >= 11 is 0. The lowest BCUT2D eigenvalue weighted by molar-refractivity contribution is -0.137. The lowest BCUT2D eigenvalue weighted by Gasteiger charge is -2.27. The Labute approximate surface area is 321 Å². The Hall–Kier alpha value is -4.48. The molecule has 0 aliphatic rings. The topological polar surface area (TPSA) is 269 Å². The summed E-state index contributed by atoms with van der Waals surface area (Å²) in [6.45, 7) is 6.38. The number of aliphatic hydroxyl groups excluding tert-OH is 1. The van der Waals surface area contributed by atoms with Gasteiger partial charge in [0.1, 0.15) is 24.2 Å². The second-order valence-corrected chi connectivity index (χ2v) is 15.0. The van der Waals surface area contributed by atoms with Gasteiger partial charge in [-0.05, 0) is 51.0 Å². The highest BCUT2D eigenvalue weighted by Gasteiger charge is 2.34. The van der Waals surface area contributed by atoms with Gasteiger partial charge in [-0.2, -0.15) is 0 Å². The molecule has 1 heterocycles. The molecule has 0 bridgehead atoms. The van der Waals surface area contributed by atoms with Crippen molar-refractivity contribution >= 4 is 43.1 Å². The van der Waals surface area contributed by atoms with Crippen molar-refractivity contribution in [2.45, 2.75) is 110 Å². The molecule has 0 aliphatic heterocycles. The molecular weight excluding hydrogens is 737 g/mol. The molecule has 19 heteroatoms. The number of aliphatic hydroxyl groups is 1. The molecule has 1 aromatic carbocycles. The number of carbonyl (C=O) groups excluding carboxylic acids is 6. The predicted octanol–water partition coefficient (Wildman–Crippen LogP) is 0.668. The Bertz CT molecular complexity index is 1590. The fraction of sp³-hybridized carbons (Fsp3) is 0.583. The summed E-state index contributed by atoms with van der Waals surface area (Å²) in [5, 5.41) is 19.8. The van der Waals surface area contributed by atoms with Crippen LogP contribution in [0, 0.1) is 5.92 Å². The Kier molecular flexibility index (Phi) is 19.9. The van der Waals surface area contributed by atoms with Crippen molar-refractivity contribution in [3.63, 3.8) is 0 Å². The molecule has 8 N–H and O–H groups in total. The highest BCUT2D eigenvalue weighted by atomic mass is 31.2. The van der Waals surface area contributed by atoms with Gasteiger partial charge in [-0.15, -0.1) is 0 Å². The van der Waals surface area contributed by atoms with E-state index in [0.29, 0.717) is 18.7 Å². The number of H-pyrrole nitrogens is 1. The van der Waals surface area contributed by atoms with E-state index < -0.39 is 74.1 Å². The largest absolute Gasteiger partial charge is 0.469 e. The zero-order valence-electron chi connectivity index (χ0n) is 32.0. The van der Waals surface area contributed by atoms with Gasteiger partial charge in [-0.25, -0.2) is 9.55 Å². The number of nitrogens with one attached hydrogen (secondary N) is 5. The Balaban J connectivity index is 2.10. The van der Waals surface area contributed by atoms with Crippen LogP contribution in [0.15, 0.2) is 42.9 Å². The smallest absolute Gasteiger partial charge is 0.394 e. The number of aromatic nitrogens is 2. The minimum Gasteiger partial charge on any atom is -0.394 e. The number of aromatic amines is 1. The lowest BCUT2D eigenvalue weighted by Crippen LogP contribution is -2.60. The van der Waals surface area contributed by atoms with Crippen LogP contribution in [0.5, 0.6) is 0 Å². The minimum absolute atomic E-state index is 0.0793. The first-order chi connectivity index (χ1) is 25.9. The highest BCUT2D eigenvalue weighted by Crippen LogP contribution is 2.38. The van der Waals surface area contributed by atoms with Crippen LogP contribution in [0.25, 0.3) is 0 Å². The SMILES string of the molecule is CC(=O)[C@@H](NC(=O)[C@H](CO)NC(=O)[C@H](Cc1cnc[nH]1)NC(=O)[C@H](CC(C)C)NC(=O)CN(CCCCCCc1ccccc1)C(C)=O)[C@@H](C)OP(=O)(O)O. The molecule has 2 rings (SSSR count). The molecule has 0 radical (unpaired) electrons. The van der Waals surface area contributed by atoms with Crippen LogP contribution < -0.4 is 21.3 Å². The van der Waals surface area contributed by atoms with Gasteiger partial charge in [0.25, 0.3) is 0 Å². The fourth-order valence-electron chi connectivity index (χ4n) is 5.74. The first-order valence-corrected chi connectivity index (χ1v) is 19.8. The van der Waals surface area contributed by atoms with Gasteiger partial charge in [-0.3, -0.25) is 33.3 Å². The van der Waals surface area contributed by atoms with Gasteiger partial charge < -0.3 is 46.0 Å². The Morgan fingerprint density at radius 1 is 0.855 bits per heavy atom. The summed E-state index contributed by atoms with van der Waals surface area (Å²) in [6, 6.07) is 4.47. The lowest BCUT2D eigenvalue weighted by atomic mass is 10.0. The second-order valence-electron chi connectivity index (χ2n) is 13.8. The number of nitrogens with zero attached hydrogens (tertiary/aromatic N) is 2. The molecule has 306 valence electrons. The van der Waals surface area contributed by atoms with Crippen LogP contribution in [0.4, 0.5) is 0 Å². The summed E-state index contributed by atoms with van der Waals surface area (Å²) in [4.78, 5) is 105. The molecule has 0 saturated heterocycles. The normalized spacial score (nSPS) is 14.2. The number of imidazole rings is 1. The van der Waals surface area contributed by atoms with Gasteiger partial charge in [0, 0.05) is 31.8 Å². The van der Waals surface area contributed by atoms with Crippen molar-refractivity contribution in [2.75, 3.05) is 19.7 Å². The number of amides is 5. The van der Waals surface area contributed by atoms with Gasteiger partial charge in [-0.1, -0.05) is 57.0 Å². The molecular formula is C36H56N7O11P. The number of hydrogen-bond donors (Lipinski definition) is 8. The van der Waals surface area contributed by atoms with Gasteiger partial charge >= 0.3 is 7.82 Å². The number of Topliss-reactive ketones (excluding diaryl/α,β-unsaturated/α-hetero) is 1. The third-order valence-electron chi connectivity index (χ3n) is 8.56. The molecule has 55 heavy (non-hydrogen) atoms. The van der Waals surface area contributed by atoms with Crippen molar-refractivity contribution in [1.29, 1.82) is 0 Å². The number of phosphoric acid groups is 1. The average molecular weight is 794 g/mol. The van der Waals surface area contributed by atoms with E-state index in [1.54, 1.807) is 0 Å². The number of benzene rings is 1. The third-order valence-corrected chi connectivity index (χ3v) is 9.17. The Morgan fingerprint density at radius 2 is 1.47 bits per heavy atom. The molecule has 2 aromatic rings. The molecule has 1 aromatic heterocycles. The summed E-state index contributed by atoms with van der Waals surface area (Å²) in [7, 11) is -5.04. The summed E-state index contributed by atoms with van der Waals surface area (Å²) in [5.41, 5.74) is 1.69. The molecule has 0 spiro atoms. The third kappa shape index (κ3) is 18.1. The maximum atomic E-state index is 13.7. The zero-order valence-corrected chi connectivity index (χ0v) is 32.9. The predicted molar refractivity (Wildman–Crippen MR) is 201 cm³/mol. The molecule has 0 saturated carbocycles. The molecule has 5 atom stereocenters. The van der Waals surface area contributed by atoms with Crippen LogP contribution in [-0.4, -0.2) is 115 Å². The van der Waals surface area contributed by atoms with E-state index in [1.165, 1.54) is 29.9 Å². The van der Waals surface area contributed by atoms with Crippen LogP contribution in [-0.2, 0) is 50.7 Å². The first-order valence-electron chi connectivity index (χ1n) is 18.2. The number of ketones is 1. The van der Waals surface area contributed by atoms with E-state index in [1.807, 2.05) is 32.0 Å². The monoisotopic (exact) mass is 793 g/mol. The minimum atomic E-state index is -5.04. The molecule has 5 amide bonds. The number of phosphoric ester groups is 1. The summed E-state index contributed by atoms with van der Waals surface area (Å²) in [6.07, 6.45) is 5.82. The van der Waals surface area contributed by atoms with Gasteiger partial charge in [0.05, 0.1) is 25.6 Å². The second kappa shape index (κ2) is 23.4. The number of carbonyl (C=O) groups is 6. The van der Waals surface area contributed by atoms with Gasteiger partial charge in [0.2, 0.25) is 29.5 Å². The van der Waals surface area contributed by atoms with Crippen molar-refractivity contribution in [1.82, 2.24) is 36.1 Å². The van der Waals surface area contributed by atoms with E-state index in [2.05, 4.69) is 47.9 Å². The number of aryl methyl sites for hydroxylation is 1. The average Bonchev–Trinajstić information content (AvgIpc) is 3.62. The van der Waals surface area contributed by atoms with E-state index >= 15 is 0 Å². The standard InChI is InChI=1S/C36H56N7O11P/c1-23(2)17-29(39-32(47)20-43(26(5)46)16-12-7-6-9-13-27-14-10-8-11-15-27)34(48)40-30(18-28-19-37-22-38-28)35(49)41-31(21-44)36(50)42-33(24(3)45)25(4)54-55(51,52)53/h8,10-11,14-15,19,22-23,25,29-31,33,44H,6-7,9,12-13,16-18,20-21H2,1-5H3,(H,37,38)(H,39,47)(H,40,48)(H,41,49)(H,42,50)(H2,51,52,53)/t25-,29+,30+,31+,33-/m1/s1. The number of rotatable bonds is 25. The molecule has 0 aliphatic carbocycles. The quantitative estimate of drug-likeness (QED) is 0.0509. The molecule has 0 unspecified atom stereocenters. The number of hydrogen-bond acceptors (Lipinski definition) is 10. The maximum absolute atomic E-state index is 13.7. The first kappa shape index (κ1) is 46.7. The molecule has 18 nitrogen and oxygen atoms in total. The Morgan fingerprint density at radius 3 is 2.04 bits per heavy atom. The van der Waals surface area contributed by atoms with Crippen LogP contribution in [0.3, 0.4) is 0 Å². The van der Waals surface area contributed by atoms with Gasteiger partial charge in [0.15, 0.2) is 5.78 Å². The maximum Gasteiger partial charge on any atom is 0.469 e.